The van der Waals surface area contributed by atoms with E-state index < -0.39 is 46.3 Å². The molecule has 2 N–H and O–H groups in total. The molecule has 0 saturated carbocycles. The van der Waals surface area contributed by atoms with Crippen molar-refractivity contribution in [3.8, 4) is 0 Å². The molecule has 10 nitrogen and oxygen atoms in total. The van der Waals surface area contributed by atoms with Gasteiger partial charge in [0.25, 0.3) is 0 Å². The van der Waals surface area contributed by atoms with Gasteiger partial charge in [-0.3, -0.25) is 9.35 Å². The molecule has 0 bridgehead atoms. The Morgan fingerprint density at radius 1 is 1.46 bits per heavy atom. The minimum atomic E-state index is -4.74. The molecule has 0 unspecified atom stereocenters. The van der Waals surface area contributed by atoms with Gasteiger partial charge in [-0.05, 0) is 19.3 Å². The second-order valence-corrected chi connectivity index (χ2v) is 7.53. The van der Waals surface area contributed by atoms with E-state index in [0.717, 1.165) is 22.7 Å². The summed E-state index contributed by atoms with van der Waals surface area (Å²) in [4.78, 5) is 36.5. The Kier molecular flexibility index (Phi) is 6.11. The highest BCUT2D eigenvalue weighted by Gasteiger charge is 2.57. The average molecular weight is 407 g/mol. The quantitative estimate of drug-likeness (QED) is 0.253. The minimum Gasteiger partial charge on any atom is -0.477 e. The Bertz CT molecular complexity index is 786. The van der Waals surface area contributed by atoms with Crippen LogP contribution in [0.4, 0.5) is 0 Å². The van der Waals surface area contributed by atoms with Crippen molar-refractivity contribution < 1.29 is 41.4 Å². The average Bonchev–Trinajstić information content (AvgIpc) is 2.80. The van der Waals surface area contributed by atoms with E-state index in [2.05, 4.69) is 4.18 Å². The van der Waals surface area contributed by atoms with Gasteiger partial charge in [0.2, 0.25) is 5.91 Å². The molecule has 2 aliphatic rings. The van der Waals surface area contributed by atoms with E-state index >= 15 is 0 Å². The number of carboxylic acids is 1. The van der Waals surface area contributed by atoms with Crippen molar-refractivity contribution in [3.63, 3.8) is 0 Å². The van der Waals surface area contributed by atoms with E-state index in [4.69, 9.17) is 9.29 Å². The predicted molar refractivity (Wildman–Crippen MR) is 88.9 cm³/mol. The topological polar surface area (TPSA) is 148 Å². The molecule has 1 amide bonds. The summed E-state index contributed by atoms with van der Waals surface area (Å²) in [6, 6.07) is -0.594. The molecule has 2 heterocycles. The fourth-order valence-electron chi connectivity index (χ4n) is 2.94. The monoisotopic (exact) mass is 407 g/mol. The van der Waals surface area contributed by atoms with Crippen LogP contribution in [0, 0.1) is 5.92 Å². The second-order valence-electron chi connectivity index (χ2n) is 5.48. The van der Waals surface area contributed by atoms with Crippen molar-refractivity contribution in [3.05, 3.63) is 22.1 Å². The van der Waals surface area contributed by atoms with Crippen LogP contribution in [0.1, 0.15) is 20.3 Å². The zero-order chi connectivity index (χ0) is 19.6. The molecule has 0 aromatic heterocycles. The molecular weight excluding hydrogens is 390 g/mol. The van der Waals surface area contributed by atoms with Crippen molar-refractivity contribution in [1.82, 2.24) is 4.90 Å². The van der Waals surface area contributed by atoms with Crippen LogP contribution in [0.15, 0.2) is 22.1 Å². The van der Waals surface area contributed by atoms with Crippen LogP contribution in [0.2, 0.25) is 0 Å². The molecule has 2 rings (SSSR count). The number of carbonyl (C=O) groups is 3. The van der Waals surface area contributed by atoms with E-state index in [0.29, 0.717) is 4.91 Å². The first-order valence-corrected chi connectivity index (χ1v) is 9.76. The Morgan fingerprint density at radius 3 is 2.65 bits per heavy atom. The van der Waals surface area contributed by atoms with Gasteiger partial charge >= 0.3 is 22.3 Å². The van der Waals surface area contributed by atoms with Crippen molar-refractivity contribution in [2.45, 2.75) is 32.4 Å². The SMILES string of the molecule is CCOC(=O)C=CSC1=C(C(=O)O)N2C(=O)[C@@H]([C@H](C)OS(=O)(=O)O)[C@H]2C1. The van der Waals surface area contributed by atoms with E-state index in [1.807, 2.05) is 0 Å². The van der Waals surface area contributed by atoms with Crippen LogP contribution in [0.5, 0.6) is 0 Å². The maximum absolute atomic E-state index is 12.3. The van der Waals surface area contributed by atoms with Crippen LogP contribution < -0.4 is 0 Å². The number of nitrogens with zero attached hydrogens (tertiary/aromatic N) is 1. The smallest absolute Gasteiger partial charge is 0.397 e. The molecule has 144 valence electrons. The van der Waals surface area contributed by atoms with E-state index in [-0.39, 0.29) is 18.7 Å². The van der Waals surface area contributed by atoms with Gasteiger partial charge in [0.05, 0.1) is 24.7 Å². The maximum atomic E-state index is 12.3. The lowest BCUT2D eigenvalue weighted by molar-refractivity contribution is -0.160. The molecule has 12 heteroatoms. The number of aliphatic carboxylic acids is 1. The molecule has 0 spiro atoms. The highest BCUT2D eigenvalue weighted by molar-refractivity contribution is 8.05. The number of carbonyl (C=O) groups excluding carboxylic acids is 2. The Balaban J connectivity index is 2.14. The number of ether oxygens (including phenoxy) is 1. The molecule has 0 aromatic carbocycles. The van der Waals surface area contributed by atoms with Gasteiger partial charge < -0.3 is 14.7 Å². The molecule has 3 atom stereocenters. The molecule has 1 saturated heterocycles. The first-order valence-electron chi connectivity index (χ1n) is 7.52. The van der Waals surface area contributed by atoms with Gasteiger partial charge in [0.15, 0.2) is 0 Å². The Labute approximate surface area is 153 Å². The standard InChI is InChI=1S/C14H17NO9S2/c1-3-23-10(16)4-5-25-9-6-8-11(7(2)24-26(20,21)22)13(17)15(8)12(9)14(18)19/h4-5,7-8,11H,3,6H2,1-2H3,(H,18,19)(H,20,21,22)/t7-,8+,11-/m0/s1. The van der Waals surface area contributed by atoms with Crippen LogP contribution in [0.3, 0.4) is 0 Å². The largest absolute Gasteiger partial charge is 0.477 e. The van der Waals surface area contributed by atoms with Gasteiger partial charge in [-0.25, -0.2) is 13.8 Å². The summed E-state index contributed by atoms with van der Waals surface area (Å²) in [6.07, 6.45) is 0.155. The molecule has 0 radical (unpaired) electrons. The number of carboxylic acid groups (broad SMARTS) is 1. The van der Waals surface area contributed by atoms with Gasteiger partial charge in [-0.2, -0.15) is 8.42 Å². The first kappa shape index (κ1) is 20.4. The van der Waals surface area contributed by atoms with Crippen molar-refractivity contribution in [2.24, 2.45) is 5.92 Å². The molecular formula is C14H17NO9S2. The number of hydrogen-bond donors (Lipinski definition) is 2. The van der Waals surface area contributed by atoms with Gasteiger partial charge in [-0.15, -0.1) is 0 Å². The highest BCUT2D eigenvalue weighted by Crippen LogP contribution is 2.47. The molecule has 0 aliphatic carbocycles. The molecule has 26 heavy (non-hydrogen) atoms. The van der Waals surface area contributed by atoms with Gasteiger partial charge in [0.1, 0.15) is 5.70 Å². The summed E-state index contributed by atoms with van der Waals surface area (Å²) in [7, 11) is -4.74. The second kappa shape index (κ2) is 7.78. The third kappa shape index (κ3) is 4.26. The number of esters is 1. The highest BCUT2D eigenvalue weighted by atomic mass is 32.3. The van der Waals surface area contributed by atoms with Gasteiger partial charge in [-0.1, -0.05) is 11.8 Å². The van der Waals surface area contributed by atoms with E-state index in [1.165, 1.54) is 12.3 Å². The summed E-state index contributed by atoms with van der Waals surface area (Å²) in [5.74, 6) is -3.40. The zero-order valence-electron chi connectivity index (χ0n) is 13.8. The summed E-state index contributed by atoms with van der Waals surface area (Å²) in [5, 5.41) is 10.7. The Hall–Kier alpha value is -1.89. The molecule has 0 aromatic rings. The lowest BCUT2D eigenvalue weighted by atomic mass is 9.83. The maximum Gasteiger partial charge on any atom is 0.397 e. The minimum absolute atomic E-state index is 0.162. The number of thioether (sulfide) groups is 1. The number of β-lactam (4-membered cyclic amide) rings is 1. The third-order valence-corrected chi connectivity index (χ3v) is 5.31. The van der Waals surface area contributed by atoms with Crippen LogP contribution in [-0.2, 0) is 33.7 Å². The summed E-state index contributed by atoms with van der Waals surface area (Å²) < 4.78 is 39.5. The number of amides is 1. The van der Waals surface area contributed by atoms with E-state index in [9.17, 15) is 27.9 Å². The van der Waals surface area contributed by atoms with Crippen molar-refractivity contribution >= 4 is 40.0 Å². The van der Waals surface area contributed by atoms with Crippen molar-refractivity contribution in [1.29, 1.82) is 0 Å². The fraction of sp³-hybridized carbons (Fsp3) is 0.500. The van der Waals surface area contributed by atoms with E-state index in [1.54, 1.807) is 6.92 Å². The predicted octanol–water partition coefficient (Wildman–Crippen LogP) is 0.531. The normalized spacial score (nSPS) is 23.8. The summed E-state index contributed by atoms with van der Waals surface area (Å²) >= 11 is 0.966. The lowest BCUT2D eigenvalue weighted by Crippen LogP contribution is -2.62. The molecule has 2 aliphatic heterocycles. The molecule has 1 fully saturated rings. The zero-order valence-corrected chi connectivity index (χ0v) is 15.4. The number of rotatable bonds is 8. The Morgan fingerprint density at radius 2 is 2.12 bits per heavy atom. The number of fused-ring (bicyclic) bond motifs is 1. The van der Waals surface area contributed by atoms with Crippen LogP contribution in [-0.4, -0.2) is 59.6 Å². The van der Waals surface area contributed by atoms with Crippen LogP contribution >= 0.6 is 11.8 Å². The number of hydrogen-bond acceptors (Lipinski definition) is 8. The summed E-state index contributed by atoms with van der Waals surface area (Å²) in [5.41, 5.74) is -0.214. The fourth-order valence-corrected chi connectivity index (χ4v) is 4.35. The summed E-state index contributed by atoms with van der Waals surface area (Å²) in [6.45, 7) is 3.15. The van der Waals surface area contributed by atoms with Gasteiger partial charge in [0, 0.05) is 17.4 Å². The lowest BCUT2D eigenvalue weighted by Gasteiger charge is -2.45. The van der Waals surface area contributed by atoms with Crippen LogP contribution in [0.25, 0.3) is 0 Å². The third-order valence-electron chi connectivity index (χ3n) is 3.85. The first-order chi connectivity index (χ1) is 12.1. The van der Waals surface area contributed by atoms with Crippen molar-refractivity contribution in [2.75, 3.05) is 6.61 Å².